The number of rotatable bonds is 12. The van der Waals surface area contributed by atoms with Gasteiger partial charge in [0, 0.05) is 26.2 Å². The Kier molecular flexibility index (Phi) is 9.05. The van der Waals surface area contributed by atoms with Crippen molar-refractivity contribution in [2.24, 2.45) is 0 Å². The van der Waals surface area contributed by atoms with Crippen LogP contribution in [0.4, 0.5) is 39.0 Å². The molecule has 0 fully saturated rings. The van der Waals surface area contributed by atoms with E-state index in [1.165, 1.54) is 25.6 Å². The van der Waals surface area contributed by atoms with E-state index in [2.05, 4.69) is 42.4 Å². The molecule has 37 heavy (non-hydrogen) atoms. The molecular weight excluding hydrogens is 477 g/mol. The maximum atomic E-state index is 13.6. The van der Waals surface area contributed by atoms with Crippen LogP contribution in [0.1, 0.15) is 5.56 Å². The average Bonchev–Trinajstić information content (AvgIpc) is 2.87. The van der Waals surface area contributed by atoms with Gasteiger partial charge in [0.2, 0.25) is 23.8 Å². The Morgan fingerprint density at radius 1 is 1.08 bits per heavy atom. The van der Waals surface area contributed by atoms with Gasteiger partial charge in [0.25, 0.3) is 0 Å². The van der Waals surface area contributed by atoms with Crippen LogP contribution in [0.5, 0.6) is 5.75 Å². The molecule has 0 aliphatic carbocycles. The lowest BCUT2D eigenvalue weighted by molar-refractivity contribution is -0.111. The van der Waals surface area contributed by atoms with E-state index in [1.54, 1.807) is 30.3 Å². The summed E-state index contributed by atoms with van der Waals surface area (Å²) in [6.07, 6.45) is 2.48. The SMILES string of the molecule is C=CC(=O)Nc1cc(Nc2ncnc(Nc3ccccc3C(=N)F)n2)c(OC)cc1N(C)CCN(C)C. The third-order valence-electron chi connectivity index (χ3n) is 5.28. The number of nitrogens with zero attached hydrogens (tertiary/aromatic N) is 5. The van der Waals surface area contributed by atoms with Crippen molar-refractivity contribution in [3.05, 3.63) is 60.9 Å². The number of ether oxygens (including phenoxy) is 1. The summed E-state index contributed by atoms with van der Waals surface area (Å²) < 4.78 is 19.2. The second-order valence-electron chi connectivity index (χ2n) is 8.23. The van der Waals surface area contributed by atoms with Gasteiger partial charge < -0.3 is 30.5 Å². The first-order valence-electron chi connectivity index (χ1n) is 11.3. The number of hydrogen-bond acceptors (Lipinski definition) is 10. The Morgan fingerprint density at radius 2 is 1.76 bits per heavy atom. The van der Waals surface area contributed by atoms with E-state index in [1.807, 2.05) is 26.0 Å². The van der Waals surface area contributed by atoms with E-state index in [4.69, 9.17) is 10.1 Å². The van der Waals surface area contributed by atoms with Gasteiger partial charge in [0.15, 0.2) is 0 Å². The molecule has 1 amide bonds. The van der Waals surface area contributed by atoms with Crippen LogP contribution in [0.25, 0.3) is 0 Å². The van der Waals surface area contributed by atoms with Crippen LogP contribution < -0.4 is 25.6 Å². The van der Waals surface area contributed by atoms with E-state index < -0.39 is 5.97 Å². The molecule has 0 unspecified atom stereocenters. The van der Waals surface area contributed by atoms with E-state index in [0.29, 0.717) is 29.4 Å². The van der Waals surface area contributed by atoms with E-state index in [9.17, 15) is 9.18 Å². The van der Waals surface area contributed by atoms with Crippen LogP contribution in [-0.4, -0.2) is 73.1 Å². The fraction of sp³-hybridized carbons (Fsp3) is 0.240. The largest absolute Gasteiger partial charge is 0.494 e. The monoisotopic (exact) mass is 507 g/mol. The Labute approximate surface area is 214 Å². The minimum absolute atomic E-state index is 0.0793. The van der Waals surface area contributed by atoms with Gasteiger partial charge in [-0.25, -0.2) is 9.97 Å². The third-order valence-corrected chi connectivity index (χ3v) is 5.28. The lowest BCUT2D eigenvalue weighted by Crippen LogP contribution is -2.29. The summed E-state index contributed by atoms with van der Waals surface area (Å²) in [5, 5.41) is 16.2. The molecule has 0 spiro atoms. The fourth-order valence-corrected chi connectivity index (χ4v) is 3.35. The number of likely N-dealkylation sites (N-methyl/N-ethyl adjacent to an activating group) is 2. The van der Waals surface area contributed by atoms with Crippen molar-refractivity contribution in [1.82, 2.24) is 19.9 Å². The number of halogens is 1. The number of nitrogens with one attached hydrogen (secondary N) is 4. The van der Waals surface area contributed by atoms with E-state index in [0.717, 1.165) is 12.2 Å². The molecule has 1 aromatic heterocycles. The van der Waals surface area contributed by atoms with Crippen molar-refractivity contribution in [2.45, 2.75) is 0 Å². The lowest BCUT2D eigenvalue weighted by atomic mass is 10.2. The highest BCUT2D eigenvalue weighted by atomic mass is 19.1. The number of amides is 1. The van der Waals surface area contributed by atoms with Crippen molar-refractivity contribution in [3.63, 3.8) is 0 Å². The van der Waals surface area contributed by atoms with Crippen LogP contribution in [0.15, 0.2) is 55.4 Å². The molecule has 0 radical (unpaired) electrons. The summed E-state index contributed by atoms with van der Waals surface area (Å²) in [6.45, 7) is 5.05. The minimum Gasteiger partial charge on any atom is -0.494 e. The van der Waals surface area contributed by atoms with Crippen molar-refractivity contribution < 1.29 is 13.9 Å². The van der Waals surface area contributed by atoms with Crippen LogP contribution in [0, 0.1) is 5.41 Å². The number of methoxy groups -OCH3 is 1. The predicted octanol–water partition coefficient (Wildman–Crippen LogP) is 3.78. The summed E-state index contributed by atoms with van der Waals surface area (Å²) in [4.78, 5) is 28.8. The van der Waals surface area contributed by atoms with Gasteiger partial charge in [0.05, 0.1) is 35.4 Å². The summed E-state index contributed by atoms with van der Waals surface area (Å²) in [5.41, 5.74) is 2.20. The number of aromatic nitrogens is 3. The third kappa shape index (κ3) is 7.21. The standard InChI is InChI=1S/C25H30FN9O2/c1-6-22(36)30-18-13-19(21(37-5)14-20(18)35(4)12-11-34(2)3)32-25-29-15-28-24(33-25)31-17-10-8-7-9-16(17)23(26)27/h6-10,13-15,27H,1,11-12H2,2-5H3,(H,30,36)(H2,28,29,31,32,33). The van der Waals surface area contributed by atoms with Crippen molar-refractivity contribution in [1.29, 1.82) is 5.41 Å². The first-order chi connectivity index (χ1) is 17.7. The van der Waals surface area contributed by atoms with Gasteiger partial charge in [-0.3, -0.25) is 10.2 Å². The highest BCUT2D eigenvalue weighted by Gasteiger charge is 2.17. The van der Waals surface area contributed by atoms with E-state index in [-0.39, 0.29) is 23.4 Å². The molecule has 2 aromatic carbocycles. The molecule has 3 aromatic rings. The van der Waals surface area contributed by atoms with Crippen LogP contribution in [0.2, 0.25) is 0 Å². The number of carbonyl (C=O) groups excluding carboxylic acids is 1. The highest BCUT2D eigenvalue weighted by molar-refractivity contribution is 6.02. The van der Waals surface area contributed by atoms with Crippen LogP contribution >= 0.6 is 0 Å². The van der Waals surface area contributed by atoms with Crippen LogP contribution in [-0.2, 0) is 4.79 Å². The molecule has 3 rings (SSSR count). The fourth-order valence-electron chi connectivity index (χ4n) is 3.35. The molecule has 12 heteroatoms. The highest BCUT2D eigenvalue weighted by Crippen LogP contribution is 2.38. The zero-order chi connectivity index (χ0) is 26.9. The normalized spacial score (nSPS) is 10.5. The number of anilines is 6. The van der Waals surface area contributed by atoms with Crippen molar-refractivity contribution >= 4 is 46.5 Å². The molecule has 194 valence electrons. The quantitative estimate of drug-likeness (QED) is 0.214. The first-order valence-corrected chi connectivity index (χ1v) is 11.3. The number of carbonyl (C=O) groups is 1. The molecule has 0 aliphatic rings. The van der Waals surface area contributed by atoms with Crippen LogP contribution in [0.3, 0.4) is 0 Å². The Hall–Kier alpha value is -4.58. The van der Waals surface area contributed by atoms with Gasteiger partial charge in [-0.2, -0.15) is 9.37 Å². The molecule has 0 aliphatic heterocycles. The van der Waals surface area contributed by atoms with E-state index >= 15 is 0 Å². The summed E-state index contributed by atoms with van der Waals surface area (Å²) >= 11 is 0. The molecule has 0 atom stereocenters. The first kappa shape index (κ1) is 27.0. The van der Waals surface area contributed by atoms with Gasteiger partial charge in [-0.15, -0.1) is 0 Å². The second kappa shape index (κ2) is 12.4. The number of para-hydroxylation sites is 1. The van der Waals surface area contributed by atoms with Crippen molar-refractivity contribution in [2.75, 3.05) is 62.2 Å². The zero-order valence-corrected chi connectivity index (χ0v) is 21.2. The molecule has 11 nitrogen and oxygen atoms in total. The smallest absolute Gasteiger partial charge is 0.247 e. The summed E-state index contributed by atoms with van der Waals surface area (Å²) in [7, 11) is 7.43. The Balaban J connectivity index is 1.93. The maximum Gasteiger partial charge on any atom is 0.247 e. The van der Waals surface area contributed by atoms with Gasteiger partial charge in [-0.05, 0) is 38.4 Å². The molecule has 4 N–H and O–H groups in total. The van der Waals surface area contributed by atoms with Gasteiger partial charge in [-0.1, -0.05) is 18.7 Å². The molecule has 0 saturated heterocycles. The molecule has 0 bridgehead atoms. The predicted molar refractivity (Wildman–Crippen MR) is 144 cm³/mol. The Morgan fingerprint density at radius 3 is 2.38 bits per heavy atom. The summed E-state index contributed by atoms with van der Waals surface area (Å²) in [5.74, 6) is -0.620. The maximum absolute atomic E-state index is 13.6. The Bertz CT molecular complexity index is 1280. The van der Waals surface area contributed by atoms with Crippen molar-refractivity contribution in [3.8, 4) is 5.75 Å². The zero-order valence-electron chi connectivity index (χ0n) is 21.2. The summed E-state index contributed by atoms with van der Waals surface area (Å²) in [6, 6.07) is 9.95. The number of hydrogen-bond donors (Lipinski definition) is 4. The average molecular weight is 508 g/mol. The van der Waals surface area contributed by atoms with Gasteiger partial charge >= 0.3 is 0 Å². The number of benzene rings is 2. The second-order valence-corrected chi connectivity index (χ2v) is 8.23. The van der Waals surface area contributed by atoms with Gasteiger partial charge in [0.1, 0.15) is 12.1 Å². The molecule has 1 heterocycles. The minimum atomic E-state index is -1.08. The lowest BCUT2D eigenvalue weighted by Gasteiger charge is -2.26. The topological polar surface area (TPSA) is 131 Å². The molecular formula is C25H30FN9O2. The molecule has 0 saturated carbocycles.